The molecule has 3 aromatic rings. The number of rotatable bonds is 11. The highest BCUT2D eigenvalue weighted by Gasteiger charge is 2.34. The van der Waals surface area contributed by atoms with E-state index in [1.165, 1.54) is 0 Å². The van der Waals surface area contributed by atoms with Crippen molar-refractivity contribution < 1.29 is 18.0 Å². The standard InChI is InChI=1S/C34H43N3O4S/c1-25-15-17-29(18-16-25)23-36(33(38)24-37(42(4,40)41)31-20-26(2)19-27(3)21-31)32(22-28-11-7-5-8-12-28)34(39)35-30-13-9-6-10-14-30/h5,7-8,11-12,15-21,30,32H,6,9-10,13-14,22-24H2,1-4H3,(H,35,39)/t32-/m1/s1. The van der Waals surface area contributed by atoms with E-state index >= 15 is 0 Å². The predicted octanol–water partition coefficient (Wildman–Crippen LogP) is 5.47. The van der Waals surface area contributed by atoms with Crippen LogP contribution in [0.25, 0.3) is 0 Å². The molecule has 1 aliphatic rings. The summed E-state index contributed by atoms with van der Waals surface area (Å²) in [5.41, 5.74) is 5.12. The third-order valence-corrected chi connectivity index (χ3v) is 9.01. The van der Waals surface area contributed by atoms with Crippen molar-refractivity contribution in [3.8, 4) is 0 Å². The fraction of sp³-hybridized carbons (Fsp3) is 0.412. The highest BCUT2D eigenvalue weighted by atomic mass is 32.2. The Morgan fingerprint density at radius 1 is 0.833 bits per heavy atom. The molecule has 2 amide bonds. The van der Waals surface area contributed by atoms with Gasteiger partial charge in [0.1, 0.15) is 12.6 Å². The average Bonchev–Trinajstić information content (AvgIpc) is 2.94. The number of anilines is 1. The van der Waals surface area contributed by atoms with Crippen LogP contribution in [0.2, 0.25) is 0 Å². The molecule has 0 aliphatic heterocycles. The molecule has 7 nitrogen and oxygen atoms in total. The molecule has 1 aliphatic carbocycles. The van der Waals surface area contributed by atoms with E-state index in [0.717, 1.165) is 70.5 Å². The first-order valence-electron chi connectivity index (χ1n) is 14.7. The number of benzene rings is 3. The van der Waals surface area contributed by atoms with Crippen LogP contribution >= 0.6 is 0 Å². The number of hydrogen-bond donors (Lipinski definition) is 1. The van der Waals surface area contributed by atoms with Crippen LogP contribution in [0, 0.1) is 20.8 Å². The van der Waals surface area contributed by atoms with Crippen LogP contribution in [0.4, 0.5) is 5.69 Å². The Labute approximate surface area is 251 Å². The van der Waals surface area contributed by atoms with Gasteiger partial charge in [-0.3, -0.25) is 13.9 Å². The highest BCUT2D eigenvalue weighted by molar-refractivity contribution is 7.92. The van der Waals surface area contributed by atoms with E-state index in [-0.39, 0.29) is 18.5 Å². The fourth-order valence-electron chi connectivity index (χ4n) is 5.70. The molecule has 0 bridgehead atoms. The lowest BCUT2D eigenvalue weighted by Crippen LogP contribution is -2.55. The number of nitrogens with one attached hydrogen (secondary N) is 1. The molecule has 0 radical (unpaired) electrons. The molecule has 3 aromatic carbocycles. The number of carbonyl (C=O) groups excluding carboxylic acids is 2. The van der Waals surface area contributed by atoms with Gasteiger partial charge in [-0.05, 0) is 68.0 Å². The average molecular weight is 590 g/mol. The minimum Gasteiger partial charge on any atom is -0.352 e. The second kappa shape index (κ2) is 14.0. The molecule has 1 fully saturated rings. The zero-order valence-corrected chi connectivity index (χ0v) is 26.0. The van der Waals surface area contributed by atoms with Crippen LogP contribution in [0.3, 0.4) is 0 Å². The predicted molar refractivity (Wildman–Crippen MR) is 169 cm³/mol. The van der Waals surface area contributed by atoms with Gasteiger partial charge in [0.25, 0.3) is 0 Å². The number of carbonyl (C=O) groups is 2. The van der Waals surface area contributed by atoms with Crippen LogP contribution in [-0.4, -0.2) is 50.0 Å². The van der Waals surface area contributed by atoms with Crippen molar-refractivity contribution in [2.24, 2.45) is 0 Å². The molecule has 1 N–H and O–H groups in total. The molecule has 42 heavy (non-hydrogen) atoms. The normalized spacial score (nSPS) is 14.7. The Hall–Kier alpha value is -3.65. The largest absolute Gasteiger partial charge is 0.352 e. The summed E-state index contributed by atoms with van der Waals surface area (Å²) in [6, 6.07) is 22.3. The van der Waals surface area contributed by atoms with Gasteiger partial charge >= 0.3 is 0 Å². The monoisotopic (exact) mass is 589 g/mol. The fourth-order valence-corrected chi connectivity index (χ4v) is 6.53. The van der Waals surface area contributed by atoms with Crippen LogP contribution in [0.15, 0.2) is 72.8 Å². The van der Waals surface area contributed by atoms with Crippen LogP contribution < -0.4 is 9.62 Å². The van der Waals surface area contributed by atoms with Gasteiger partial charge in [0.05, 0.1) is 11.9 Å². The Kier molecular flexibility index (Phi) is 10.4. The highest BCUT2D eigenvalue weighted by Crippen LogP contribution is 2.24. The molecule has 4 rings (SSSR count). The van der Waals surface area contributed by atoms with E-state index in [9.17, 15) is 18.0 Å². The third-order valence-electron chi connectivity index (χ3n) is 7.87. The minimum absolute atomic E-state index is 0.0728. The Morgan fingerprint density at radius 3 is 2.05 bits per heavy atom. The van der Waals surface area contributed by atoms with Gasteiger partial charge in [-0.15, -0.1) is 0 Å². The first kappa shape index (κ1) is 31.3. The topological polar surface area (TPSA) is 86.8 Å². The summed E-state index contributed by atoms with van der Waals surface area (Å²) in [7, 11) is -3.80. The summed E-state index contributed by atoms with van der Waals surface area (Å²) in [5, 5.41) is 3.23. The first-order chi connectivity index (χ1) is 20.0. The van der Waals surface area contributed by atoms with Crippen molar-refractivity contribution >= 4 is 27.5 Å². The summed E-state index contributed by atoms with van der Waals surface area (Å²) in [4.78, 5) is 29.9. The lowest BCUT2D eigenvalue weighted by molar-refractivity contribution is -0.140. The Morgan fingerprint density at radius 2 is 1.45 bits per heavy atom. The number of nitrogens with zero attached hydrogens (tertiary/aromatic N) is 2. The molecule has 224 valence electrons. The van der Waals surface area contributed by atoms with Crippen LogP contribution in [-0.2, 0) is 32.6 Å². The quantitative estimate of drug-likeness (QED) is 0.322. The van der Waals surface area contributed by atoms with Gasteiger partial charge in [-0.25, -0.2) is 8.42 Å². The molecular formula is C34H43N3O4S. The molecule has 8 heteroatoms. The lowest BCUT2D eigenvalue weighted by Gasteiger charge is -2.35. The molecular weight excluding hydrogens is 546 g/mol. The van der Waals surface area contributed by atoms with Gasteiger partial charge in [-0.2, -0.15) is 0 Å². The Bertz CT molecular complexity index is 1450. The molecule has 0 saturated heterocycles. The zero-order valence-electron chi connectivity index (χ0n) is 25.2. The van der Waals surface area contributed by atoms with E-state index < -0.39 is 28.5 Å². The van der Waals surface area contributed by atoms with E-state index in [2.05, 4.69) is 5.32 Å². The lowest BCUT2D eigenvalue weighted by atomic mass is 9.94. The molecule has 1 atom stereocenters. The van der Waals surface area contributed by atoms with Crippen LogP contribution in [0.5, 0.6) is 0 Å². The third kappa shape index (κ3) is 8.68. The van der Waals surface area contributed by atoms with Gasteiger partial charge in [0.15, 0.2) is 0 Å². The van der Waals surface area contributed by atoms with Gasteiger partial charge in [0.2, 0.25) is 21.8 Å². The number of hydrogen-bond acceptors (Lipinski definition) is 4. The molecule has 1 saturated carbocycles. The molecule has 0 aromatic heterocycles. The summed E-state index contributed by atoms with van der Waals surface area (Å²) < 4.78 is 27.2. The van der Waals surface area contributed by atoms with Crippen molar-refractivity contribution in [1.82, 2.24) is 10.2 Å². The van der Waals surface area contributed by atoms with Crippen LogP contribution in [0.1, 0.15) is 59.9 Å². The van der Waals surface area contributed by atoms with Crippen molar-refractivity contribution in [2.75, 3.05) is 17.1 Å². The van der Waals surface area contributed by atoms with Crippen molar-refractivity contribution in [3.63, 3.8) is 0 Å². The van der Waals surface area contributed by atoms with Crippen molar-refractivity contribution in [3.05, 3.63) is 101 Å². The minimum atomic E-state index is -3.80. The molecule has 0 spiro atoms. The van der Waals surface area contributed by atoms with Crippen molar-refractivity contribution in [1.29, 1.82) is 0 Å². The summed E-state index contributed by atoms with van der Waals surface area (Å²) in [6.45, 7) is 5.56. The molecule has 0 heterocycles. The SMILES string of the molecule is Cc1ccc(CN(C(=O)CN(c2cc(C)cc(C)c2)S(C)(=O)=O)[C@H](Cc2ccccc2)C(=O)NC2CCCCC2)cc1. The van der Waals surface area contributed by atoms with Crippen molar-refractivity contribution in [2.45, 2.75) is 77.9 Å². The van der Waals surface area contributed by atoms with Gasteiger partial charge < -0.3 is 10.2 Å². The maximum atomic E-state index is 14.3. The van der Waals surface area contributed by atoms with E-state index in [4.69, 9.17) is 0 Å². The number of amides is 2. The second-order valence-electron chi connectivity index (χ2n) is 11.7. The zero-order chi connectivity index (χ0) is 30.3. The first-order valence-corrected chi connectivity index (χ1v) is 16.6. The number of aryl methyl sites for hydroxylation is 3. The summed E-state index contributed by atoms with van der Waals surface area (Å²) in [5.74, 6) is -0.636. The van der Waals surface area contributed by atoms with E-state index in [1.54, 1.807) is 17.0 Å². The Balaban J connectivity index is 1.73. The number of sulfonamides is 1. The van der Waals surface area contributed by atoms with Gasteiger partial charge in [0, 0.05) is 19.0 Å². The maximum absolute atomic E-state index is 14.3. The van der Waals surface area contributed by atoms with Gasteiger partial charge in [-0.1, -0.05) is 85.5 Å². The second-order valence-corrected chi connectivity index (χ2v) is 13.6. The summed E-state index contributed by atoms with van der Waals surface area (Å²) >= 11 is 0. The maximum Gasteiger partial charge on any atom is 0.244 e. The smallest absolute Gasteiger partial charge is 0.244 e. The molecule has 0 unspecified atom stereocenters. The van der Waals surface area contributed by atoms with E-state index in [1.807, 2.05) is 81.4 Å². The van der Waals surface area contributed by atoms with E-state index in [0.29, 0.717) is 12.1 Å². The summed E-state index contributed by atoms with van der Waals surface area (Å²) in [6.07, 6.45) is 6.57.